The zero-order valence-corrected chi connectivity index (χ0v) is 17.8. The van der Waals surface area contributed by atoms with Crippen LogP contribution in [0.25, 0.3) is 15.3 Å². The highest BCUT2D eigenvalue weighted by Crippen LogP contribution is 2.39. The highest BCUT2D eigenvalue weighted by molar-refractivity contribution is 7.20. The number of ether oxygens (including phenoxy) is 2. The molecule has 0 aliphatic heterocycles. The van der Waals surface area contributed by atoms with Gasteiger partial charge in [-0.05, 0) is 49.1 Å². The van der Waals surface area contributed by atoms with Crippen molar-refractivity contribution in [1.82, 2.24) is 14.8 Å². The van der Waals surface area contributed by atoms with Gasteiger partial charge >= 0.3 is 0 Å². The Hall–Kier alpha value is -3.19. The molecule has 30 heavy (non-hydrogen) atoms. The van der Waals surface area contributed by atoms with Crippen molar-refractivity contribution in [3.8, 4) is 16.6 Å². The van der Waals surface area contributed by atoms with Crippen molar-refractivity contribution in [2.75, 3.05) is 14.2 Å². The number of para-hydroxylation sites is 1. The van der Waals surface area contributed by atoms with Crippen LogP contribution in [0.1, 0.15) is 39.6 Å². The van der Waals surface area contributed by atoms with E-state index in [-0.39, 0.29) is 11.7 Å². The largest absolute Gasteiger partial charge is 0.493 e. The molecule has 5 rings (SSSR count). The quantitative estimate of drug-likeness (QED) is 0.479. The van der Waals surface area contributed by atoms with Crippen LogP contribution in [-0.2, 0) is 6.42 Å². The fourth-order valence-electron chi connectivity index (χ4n) is 4.21. The van der Waals surface area contributed by atoms with Gasteiger partial charge in [0.05, 0.1) is 41.4 Å². The number of Topliss-reactive ketones (excluding diaryl/α,β-unsaturated/α-hetero) is 1. The van der Waals surface area contributed by atoms with Crippen molar-refractivity contribution in [1.29, 1.82) is 0 Å². The molecule has 2 aromatic carbocycles. The molecule has 0 radical (unpaired) electrons. The van der Waals surface area contributed by atoms with Crippen molar-refractivity contribution >= 4 is 27.3 Å². The van der Waals surface area contributed by atoms with Crippen molar-refractivity contribution in [2.45, 2.75) is 25.7 Å². The summed E-state index contributed by atoms with van der Waals surface area (Å²) in [5.74, 6) is 1.53. The summed E-state index contributed by atoms with van der Waals surface area (Å²) in [5, 5.41) is 5.49. The van der Waals surface area contributed by atoms with Crippen LogP contribution in [0.5, 0.6) is 11.5 Å². The summed E-state index contributed by atoms with van der Waals surface area (Å²) in [6.45, 7) is 1.90. The summed E-state index contributed by atoms with van der Waals surface area (Å²) < 4.78 is 13.8. The minimum Gasteiger partial charge on any atom is -0.493 e. The third kappa shape index (κ3) is 2.97. The molecule has 1 aliphatic carbocycles. The number of hydrogen-bond donors (Lipinski definition) is 0. The zero-order chi connectivity index (χ0) is 20.8. The summed E-state index contributed by atoms with van der Waals surface area (Å²) in [6.07, 6.45) is 1.17. The van der Waals surface area contributed by atoms with Crippen LogP contribution in [0.4, 0.5) is 0 Å². The second kappa shape index (κ2) is 7.25. The topological polar surface area (TPSA) is 66.2 Å². The fourth-order valence-corrected chi connectivity index (χ4v) is 5.15. The number of aromatic nitrogens is 3. The molecule has 0 saturated heterocycles. The minimum absolute atomic E-state index is 0.0500. The molecule has 0 N–H and O–H groups in total. The number of hydrogen-bond acceptors (Lipinski definition) is 6. The molecule has 2 heterocycles. The third-order valence-electron chi connectivity index (χ3n) is 5.65. The molecule has 1 aliphatic rings. The molecular formula is C23H21N3O3S. The van der Waals surface area contributed by atoms with E-state index in [1.54, 1.807) is 25.6 Å². The molecule has 152 valence electrons. The molecule has 4 aromatic rings. The fraction of sp³-hybridized carbons (Fsp3) is 0.261. The molecule has 0 saturated carbocycles. The Labute approximate surface area is 178 Å². The number of benzene rings is 2. The van der Waals surface area contributed by atoms with E-state index in [1.807, 2.05) is 48.0 Å². The Bertz CT molecular complexity index is 1240. The van der Waals surface area contributed by atoms with E-state index in [0.717, 1.165) is 37.9 Å². The first-order chi connectivity index (χ1) is 14.6. The second-order valence-electron chi connectivity index (χ2n) is 7.43. The van der Waals surface area contributed by atoms with Crippen molar-refractivity contribution < 1.29 is 14.3 Å². The number of carbonyl (C=O) groups is 1. The molecule has 0 bridgehead atoms. The summed E-state index contributed by atoms with van der Waals surface area (Å²) in [6, 6.07) is 13.9. The summed E-state index contributed by atoms with van der Waals surface area (Å²) >= 11 is 1.59. The predicted octanol–water partition coefficient (Wildman–Crippen LogP) is 4.72. The van der Waals surface area contributed by atoms with Crippen LogP contribution in [0.2, 0.25) is 0 Å². The van der Waals surface area contributed by atoms with Gasteiger partial charge in [0, 0.05) is 6.42 Å². The molecule has 0 fully saturated rings. The van der Waals surface area contributed by atoms with Crippen LogP contribution in [0.3, 0.4) is 0 Å². The molecular weight excluding hydrogens is 398 g/mol. The molecule has 7 heteroatoms. The average molecular weight is 420 g/mol. The van der Waals surface area contributed by atoms with Crippen molar-refractivity contribution in [2.24, 2.45) is 0 Å². The van der Waals surface area contributed by atoms with Gasteiger partial charge in [-0.15, -0.1) is 0 Å². The molecule has 0 unspecified atom stereocenters. The van der Waals surface area contributed by atoms with Crippen LogP contribution in [-0.4, -0.2) is 34.8 Å². The Morgan fingerprint density at radius 2 is 1.87 bits per heavy atom. The maximum absolute atomic E-state index is 13.1. The zero-order valence-electron chi connectivity index (χ0n) is 17.0. The van der Waals surface area contributed by atoms with Gasteiger partial charge in [-0.25, -0.2) is 9.67 Å². The van der Waals surface area contributed by atoms with Crippen LogP contribution >= 0.6 is 11.3 Å². The Morgan fingerprint density at radius 3 is 2.63 bits per heavy atom. The number of fused-ring (bicyclic) bond motifs is 2. The van der Waals surface area contributed by atoms with E-state index in [4.69, 9.17) is 19.6 Å². The van der Waals surface area contributed by atoms with Crippen LogP contribution in [0.15, 0.2) is 42.5 Å². The average Bonchev–Trinajstić information content (AvgIpc) is 3.34. The van der Waals surface area contributed by atoms with Gasteiger partial charge in [0.15, 0.2) is 17.3 Å². The van der Waals surface area contributed by atoms with Gasteiger partial charge < -0.3 is 9.47 Å². The molecule has 0 spiro atoms. The number of ketones is 1. The lowest BCUT2D eigenvalue weighted by atomic mass is 9.81. The minimum atomic E-state index is 0.0500. The van der Waals surface area contributed by atoms with Crippen molar-refractivity contribution in [3.05, 3.63) is 65.0 Å². The number of thiazole rings is 1. The first kappa shape index (κ1) is 18.8. The number of carbonyl (C=O) groups excluding carboxylic acids is 1. The number of rotatable bonds is 4. The van der Waals surface area contributed by atoms with Crippen LogP contribution < -0.4 is 9.47 Å². The summed E-state index contributed by atoms with van der Waals surface area (Å²) in [4.78, 5) is 17.8. The van der Waals surface area contributed by atoms with E-state index < -0.39 is 0 Å². The lowest BCUT2D eigenvalue weighted by molar-refractivity contribution is 0.0963. The Morgan fingerprint density at radius 1 is 1.07 bits per heavy atom. The van der Waals surface area contributed by atoms with E-state index in [1.165, 1.54) is 0 Å². The standard InChI is InChI=1S/C23H21N3O3S/c1-13-22-17(26(25-13)23-24-16-6-4-5-7-21(16)30-23)10-15(11-18(22)27)14-8-9-19(28-2)20(12-14)29-3/h4-9,12,15H,10-11H2,1-3H3/t15-/m0/s1. The maximum Gasteiger partial charge on any atom is 0.211 e. The van der Waals surface area contributed by atoms with Crippen molar-refractivity contribution in [3.63, 3.8) is 0 Å². The van der Waals surface area contributed by atoms with E-state index in [0.29, 0.717) is 24.3 Å². The molecule has 0 amide bonds. The van der Waals surface area contributed by atoms with Crippen LogP contribution in [0, 0.1) is 6.92 Å². The smallest absolute Gasteiger partial charge is 0.211 e. The van der Waals surface area contributed by atoms with Gasteiger partial charge in [0.25, 0.3) is 0 Å². The van der Waals surface area contributed by atoms with E-state index in [9.17, 15) is 4.79 Å². The molecule has 1 atom stereocenters. The second-order valence-corrected chi connectivity index (χ2v) is 8.43. The molecule has 2 aromatic heterocycles. The van der Waals surface area contributed by atoms with Gasteiger partial charge in [-0.3, -0.25) is 4.79 Å². The predicted molar refractivity (Wildman–Crippen MR) is 116 cm³/mol. The third-order valence-corrected chi connectivity index (χ3v) is 6.66. The summed E-state index contributed by atoms with van der Waals surface area (Å²) in [5.41, 5.74) is 4.44. The van der Waals surface area contributed by atoms with Gasteiger partial charge in [-0.2, -0.15) is 5.10 Å². The van der Waals surface area contributed by atoms with Gasteiger partial charge in [-0.1, -0.05) is 29.5 Å². The Kier molecular flexibility index (Phi) is 4.55. The number of methoxy groups -OCH3 is 2. The SMILES string of the molecule is COc1ccc([C@@H]2CC(=O)c3c(C)nn(-c4nc5ccccc5s4)c3C2)cc1OC. The summed E-state index contributed by atoms with van der Waals surface area (Å²) in [7, 11) is 3.24. The van der Waals surface area contributed by atoms with Gasteiger partial charge in [0.2, 0.25) is 5.13 Å². The highest BCUT2D eigenvalue weighted by atomic mass is 32.1. The number of nitrogens with zero attached hydrogens (tertiary/aromatic N) is 3. The van der Waals surface area contributed by atoms with Gasteiger partial charge in [0.1, 0.15) is 0 Å². The lowest BCUT2D eigenvalue weighted by Gasteiger charge is -2.23. The monoisotopic (exact) mass is 419 g/mol. The number of aryl methyl sites for hydroxylation is 1. The normalized spacial score (nSPS) is 16.0. The Balaban J connectivity index is 1.58. The van der Waals surface area contributed by atoms with E-state index in [2.05, 4.69) is 6.07 Å². The highest BCUT2D eigenvalue weighted by Gasteiger charge is 2.33. The lowest BCUT2D eigenvalue weighted by Crippen LogP contribution is -2.20. The van der Waals surface area contributed by atoms with E-state index >= 15 is 0 Å². The molecule has 6 nitrogen and oxygen atoms in total. The first-order valence-electron chi connectivity index (χ1n) is 9.78. The maximum atomic E-state index is 13.1. The first-order valence-corrected chi connectivity index (χ1v) is 10.6.